The Morgan fingerprint density at radius 3 is 2.42 bits per heavy atom. The van der Waals surface area contributed by atoms with Crippen molar-refractivity contribution in [2.75, 3.05) is 13.1 Å². The average Bonchev–Trinajstić information content (AvgIpc) is 2.50. The number of amides is 2. The standard InChI is InChI=1S/C15H28N2O2/c1-3-4-5-6-7-8-9-11-17-12-10-14(18)16-13(2)15(17)19/h13H,3-12H2,1-2H3,(H,16,18). The first-order chi connectivity index (χ1) is 9.15. The molecule has 0 aliphatic carbocycles. The fourth-order valence-electron chi connectivity index (χ4n) is 2.48. The Hall–Kier alpha value is -1.06. The third kappa shape index (κ3) is 6.08. The first-order valence-electron chi connectivity index (χ1n) is 7.73. The molecule has 110 valence electrons. The summed E-state index contributed by atoms with van der Waals surface area (Å²) in [5.74, 6) is 0.0553. The highest BCUT2D eigenvalue weighted by atomic mass is 16.2. The maximum atomic E-state index is 12.0. The van der Waals surface area contributed by atoms with E-state index >= 15 is 0 Å². The molecule has 0 spiro atoms. The quantitative estimate of drug-likeness (QED) is 0.688. The molecule has 1 N–H and O–H groups in total. The minimum absolute atomic E-state index is 0.0112. The van der Waals surface area contributed by atoms with Gasteiger partial charge in [-0.05, 0) is 13.3 Å². The van der Waals surface area contributed by atoms with E-state index in [1.807, 2.05) is 4.90 Å². The molecule has 0 aromatic carbocycles. The summed E-state index contributed by atoms with van der Waals surface area (Å²) in [6.07, 6.45) is 9.17. The molecule has 0 saturated carbocycles. The average molecular weight is 268 g/mol. The van der Waals surface area contributed by atoms with Crippen molar-refractivity contribution in [2.45, 2.75) is 71.3 Å². The molecule has 0 aromatic heterocycles. The topological polar surface area (TPSA) is 49.4 Å². The molecule has 2 amide bonds. The lowest BCUT2D eigenvalue weighted by atomic mass is 10.1. The zero-order valence-corrected chi connectivity index (χ0v) is 12.4. The summed E-state index contributed by atoms with van der Waals surface area (Å²) in [7, 11) is 0. The molecule has 19 heavy (non-hydrogen) atoms. The van der Waals surface area contributed by atoms with Crippen molar-refractivity contribution in [3.8, 4) is 0 Å². The Balaban J connectivity index is 2.17. The monoisotopic (exact) mass is 268 g/mol. The molecule has 0 radical (unpaired) electrons. The van der Waals surface area contributed by atoms with Crippen molar-refractivity contribution in [1.29, 1.82) is 0 Å². The molecule has 1 heterocycles. The lowest BCUT2D eigenvalue weighted by molar-refractivity contribution is -0.133. The largest absolute Gasteiger partial charge is 0.345 e. The van der Waals surface area contributed by atoms with E-state index in [2.05, 4.69) is 12.2 Å². The van der Waals surface area contributed by atoms with E-state index in [9.17, 15) is 9.59 Å². The van der Waals surface area contributed by atoms with Gasteiger partial charge < -0.3 is 10.2 Å². The predicted molar refractivity (Wildman–Crippen MR) is 76.8 cm³/mol. The molecule has 1 unspecified atom stereocenters. The van der Waals surface area contributed by atoms with Crippen molar-refractivity contribution in [3.05, 3.63) is 0 Å². The predicted octanol–water partition coefficient (Wildman–Crippen LogP) is 2.47. The number of unbranched alkanes of at least 4 members (excludes halogenated alkanes) is 6. The number of hydrogen-bond donors (Lipinski definition) is 1. The van der Waals surface area contributed by atoms with Crippen LogP contribution >= 0.6 is 0 Å². The molecule has 1 atom stereocenters. The molecule has 1 rings (SSSR count). The number of rotatable bonds is 8. The maximum absolute atomic E-state index is 12.0. The van der Waals surface area contributed by atoms with E-state index < -0.39 is 0 Å². The highest BCUT2D eigenvalue weighted by Crippen LogP contribution is 2.09. The summed E-state index contributed by atoms with van der Waals surface area (Å²) in [5.41, 5.74) is 0. The fraction of sp³-hybridized carbons (Fsp3) is 0.867. The van der Waals surface area contributed by atoms with E-state index in [4.69, 9.17) is 0 Å². The number of nitrogens with zero attached hydrogens (tertiary/aromatic N) is 1. The number of hydrogen-bond acceptors (Lipinski definition) is 2. The fourth-order valence-corrected chi connectivity index (χ4v) is 2.48. The van der Waals surface area contributed by atoms with Gasteiger partial charge in [0.15, 0.2) is 0 Å². The van der Waals surface area contributed by atoms with Crippen LogP contribution in [0.3, 0.4) is 0 Å². The highest BCUT2D eigenvalue weighted by Gasteiger charge is 2.25. The van der Waals surface area contributed by atoms with Gasteiger partial charge in [-0.15, -0.1) is 0 Å². The summed E-state index contributed by atoms with van der Waals surface area (Å²) < 4.78 is 0. The zero-order valence-electron chi connectivity index (χ0n) is 12.4. The molecule has 1 aliphatic rings. The molecule has 4 nitrogen and oxygen atoms in total. The molecular formula is C15H28N2O2. The second-order valence-corrected chi connectivity index (χ2v) is 5.49. The van der Waals surface area contributed by atoms with Gasteiger partial charge in [-0.3, -0.25) is 9.59 Å². The van der Waals surface area contributed by atoms with Gasteiger partial charge in [-0.1, -0.05) is 45.4 Å². The van der Waals surface area contributed by atoms with Gasteiger partial charge in [0.1, 0.15) is 6.04 Å². The van der Waals surface area contributed by atoms with Crippen molar-refractivity contribution >= 4 is 11.8 Å². The Kier molecular flexibility index (Phi) is 7.53. The molecule has 0 aromatic rings. The van der Waals surface area contributed by atoms with Crippen LogP contribution in [0.25, 0.3) is 0 Å². The van der Waals surface area contributed by atoms with E-state index in [1.165, 1.54) is 38.5 Å². The maximum Gasteiger partial charge on any atom is 0.244 e. The van der Waals surface area contributed by atoms with Crippen LogP contribution < -0.4 is 5.32 Å². The van der Waals surface area contributed by atoms with Crippen LogP contribution in [0.15, 0.2) is 0 Å². The second kappa shape index (κ2) is 8.94. The summed E-state index contributed by atoms with van der Waals surface area (Å²) >= 11 is 0. The van der Waals surface area contributed by atoms with Gasteiger partial charge in [0, 0.05) is 19.5 Å². The van der Waals surface area contributed by atoms with Crippen LogP contribution in [0, 0.1) is 0 Å². The third-order valence-corrected chi connectivity index (χ3v) is 3.70. The third-order valence-electron chi connectivity index (χ3n) is 3.70. The van der Waals surface area contributed by atoms with E-state index in [1.54, 1.807) is 6.92 Å². The van der Waals surface area contributed by atoms with E-state index in [0.717, 1.165) is 13.0 Å². The van der Waals surface area contributed by atoms with Crippen molar-refractivity contribution in [3.63, 3.8) is 0 Å². The second-order valence-electron chi connectivity index (χ2n) is 5.49. The van der Waals surface area contributed by atoms with Crippen molar-refractivity contribution < 1.29 is 9.59 Å². The zero-order chi connectivity index (χ0) is 14.1. The van der Waals surface area contributed by atoms with Gasteiger partial charge in [0.2, 0.25) is 11.8 Å². The summed E-state index contributed by atoms with van der Waals surface area (Å²) in [6.45, 7) is 5.36. The lowest BCUT2D eigenvalue weighted by Crippen LogP contribution is -2.42. The Morgan fingerprint density at radius 2 is 1.74 bits per heavy atom. The molecule has 0 bridgehead atoms. The normalized spacial score (nSPS) is 20.3. The summed E-state index contributed by atoms with van der Waals surface area (Å²) in [6, 6.07) is -0.362. The van der Waals surface area contributed by atoms with Crippen LogP contribution in [0.1, 0.15) is 65.2 Å². The van der Waals surface area contributed by atoms with E-state index in [-0.39, 0.29) is 17.9 Å². The Labute approximate surface area is 116 Å². The van der Waals surface area contributed by atoms with Gasteiger partial charge >= 0.3 is 0 Å². The molecule has 1 fully saturated rings. The molecular weight excluding hydrogens is 240 g/mol. The highest BCUT2D eigenvalue weighted by molar-refractivity contribution is 5.89. The number of carbonyl (C=O) groups is 2. The first kappa shape index (κ1) is 16.0. The van der Waals surface area contributed by atoms with Gasteiger partial charge in [0.25, 0.3) is 0 Å². The van der Waals surface area contributed by atoms with Crippen LogP contribution in [-0.4, -0.2) is 35.8 Å². The van der Waals surface area contributed by atoms with Crippen molar-refractivity contribution in [1.82, 2.24) is 10.2 Å². The van der Waals surface area contributed by atoms with Gasteiger partial charge in [-0.2, -0.15) is 0 Å². The van der Waals surface area contributed by atoms with Crippen LogP contribution in [0.4, 0.5) is 0 Å². The van der Waals surface area contributed by atoms with Gasteiger partial charge in [-0.25, -0.2) is 0 Å². The van der Waals surface area contributed by atoms with Gasteiger partial charge in [0.05, 0.1) is 0 Å². The minimum atomic E-state index is -0.362. The SMILES string of the molecule is CCCCCCCCCN1CCC(=O)NC(C)C1=O. The number of nitrogens with one attached hydrogen (secondary N) is 1. The van der Waals surface area contributed by atoms with Crippen LogP contribution in [0.2, 0.25) is 0 Å². The number of carbonyl (C=O) groups excluding carboxylic acids is 2. The Bertz CT molecular complexity index is 292. The van der Waals surface area contributed by atoms with E-state index in [0.29, 0.717) is 13.0 Å². The summed E-state index contributed by atoms with van der Waals surface area (Å²) in [5, 5.41) is 2.72. The smallest absolute Gasteiger partial charge is 0.244 e. The molecule has 4 heteroatoms. The lowest BCUT2D eigenvalue weighted by Gasteiger charge is -2.22. The summed E-state index contributed by atoms with van der Waals surface area (Å²) in [4.78, 5) is 25.2. The van der Waals surface area contributed by atoms with Crippen molar-refractivity contribution in [2.24, 2.45) is 0 Å². The Morgan fingerprint density at radius 1 is 1.11 bits per heavy atom. The van der Waals surface area contributed by atoms with Crippen LogP contribution in [-0.2, 0) is 9.59 Å². The van der Waals surface area contributed by atoms with Crippen LogP contribution in [0.5, 0.6) is 0 Å². The minimum Gasteiger partial charge on any atom is -0.345 e. The molecule has 1 saturated heterocycles. The molecule has 1 aliphatic heterocycles. The first-order valence-corrected chi connectivity index (χ1v) is 7.73.